The lowest BCUT2D eigenvalue weighted by atomic mass is 10.0. The summed E-state index contributed by atoms with van der Waals surface area (Å²) in [4.78, 5) is 24.6. The number of carbonyl (C=O) groups excluding carboxylic acids is 2. The number of nitrogens with zero attached hydrogens (tertiary/aromatic N) is 1. The number of nitrogens with one attached hydrogen (secondary N) is 1. The van der Waals surface area contributed by atoms with E-state index in [1.807, 2.05) is 19.1 Å². The lowest BCUT2D eigenvalue weighted by Gasteiger charge is -2.12. The Kier molecular flexibility index (Phi) is 9.05. The minimum atomic E-state index is -0.529. The number of carbonyl (C=O) groups is 2. The average Bonchev–Trinajstić information content (AvgIpc) is 2.88. The zero-order valence-corrected chi connectivity index (χ0v) is 21.0. The Labute approximate surface area is 210 Å². The van der Waals surface area contributed by atoms with E-state index in [9.17, 15) is 9.59 Å². The molecular weight excluding hydrogens is 460 g/mol. The van der Waals surface area contributed by atoms with E-state index in [0.717, 1.165) is 11.1 Å². The zero-order chi connectivity index (χ0) is 26.1. The molecule has 0 atom stereocenters. The first-order valence-corrected chi connectivity index (χ1v) is 11.4. The van der Waals surface area contributed by atoms with Crippen LogP contribution in [-0.4, -0.2) is 38.9 Å². The van der Waals surface area contributed by atoms with Gasteiger partial charge in [0.05, 0.1) is 26.0 Å². The Morgan fingerprint density at radius 1 is 0.917 bits per heavy atom. The van der Waals surface area contributed by atoms with Crippen LogP contribution in [0.5, 0.6) is 23.0 Å². The van der Waals surface area contributed by atoms with Crippen LogP contribution in [0, 0.1) is 6.92 Å². The van der Waals surface area contributed by atoms with Crippen LogP contribution in [0.2, 0.25) is 0 Å². The van der Waals surface area contributed by atoms with Crippen molar-refractivity contribution in [3.05, 3.63) is 82.9 Å². The average molecular weight is 491 g/mol. The summed E-state index contributed by atoms with van der Waals surface area (Å²) in [7, 11) is 3.02. The number of rotatable bonds is 10. The summed E-state index contributed by atoms with van der Waals surface area (Å²) >= 11 is 0. The van der Waals surface area contributed by atoms with Gasteiger partial charge in [-0.3, -0.25) is 4.79 Å². The van der Waals surface area contributed by atoms with Crippen molar-refractivity contribution in [3.63, 3.8) is 0 Å². The van der Waals surface area contributed by atoms with Crippen molar-refractivity contribution < 1.29 is 28.5 Å². The molecule has 0 spiro atoms. The molecule has 0 unspecified atom stereocenters. The van der Waals surface area contributed by atoms with Gasteiger partial charge in [0.25, 0.3) is 5.91 Å². The Morgan fingerprint density at radius 2 is 1.67 bits per heavy atom. The summed E-state index contributed by atoms with van der Waals surface area (Å²) in [6.45, 7) is 5.97. The van der Waals surface area contributed by atoms with Gasteiger partial charge in [0.15, 0.2) is 18.1 Å². The maximum atomic E-state index is 12.4. The number of ether oxygens (including phenoxy) is 4. The molecule has 0 aromatic heterocycles. The van der Waals surface area contributed by atoms with Gasteiger partial charge in [-0.1, -0.05) is 26.0 Å². The van der Waals surface area contributed by atoms with Crippen molar-refractivity contribution in [2.75, 3.05) is 20.8 Å². The molecule has 0 aliphatic carbocycles. The molecule has 0 radical (unpaired) electrons. The van der Waals surface area contributed by atoms with Crippen molar-refractivity contribution in [1.82, 2.24) is 5.43 Å². The van der Waals surface area contributed by atoms with Gasteiger partial charge in [-0.05, 0) is 78.1 Å². The predicted molar refractivity (Wildman–Crippen MR) is 137 cm³/mol. The fraction of sp³-hybridized carbons (Fsp3) is 0.250. The Morgan fingerprint density at radius 3 is 2.33 bits per heavy atom. The number of hydrogen-bond donors (Lipinski definition) is 1. The van der Waals surface area contributed by atoms with Crippen molar-refractivity contribution in [2.45, 2.75) is 26.7 Å². The molecular formula is C28H30N2O6. The number of benzene rings is 3. The first-order chi connectivity index (χ1) is 17.3. The van der Waals surface area contributed by atoms with Gasteiger partial charge in [0, 0.05) is 0 Å². The van der Waals surface area contributed by atoms with Crippen molar-refractivity contribution in [2.24, 2.45) is 5.10 Å². The Hall–Kier alpha value is -4.33. The van der Waals surface area contributed by atoms with Crippen LogP contribution in [0.1, 0.15) is 46.8 Å². The van der Waals surface area contributed by atoms with E-state index in [0.29, 0.717) is 34.3 Å². The number of amides is 1. The largest absolute Gasteiger partial charge is 0.497 e. The fourth-order valence-electron chi connectivity index (χ4n) is 3.22. The predicted octanol–water partition coefficient (Wildman–Crippen LogP) is 4.88. The van der Waals surface area contributed by atoms with Crippen LogP contribution in [0.4, 0.5) is 0 Å². The molecule has 188 valence electrons. The van der Waals surface area contributed by atoms with E-state index in [2.05, 4.69) is 30.4 Å². The lowest BCUT2D eigenvalue weighted by molar-refractivity contribution is -0.123. The number of hydrazone groups is 1. The molecule has 0 bridgehead atoms. The van der Waals surface area contributed by atoms with Crippen molar-refractivity contribution >= 4 is 18.1 Å². The maximum Gasteiger partial charge on any atom is 0.343 e. The van der Waals surface area contributed by atoms with Gasteiger partial charge >= 0.3 is 5.97 Å². The van der Waals surface area contributed by atoms with Crippen LogP contribution in [0.3, 0.4) is 0 Å². The SMILES string of the molecule is COc1ccc(C(=O)Oc2ccc(/C=N/NC(=O)COc3cc(C(C)C)ccc3C)cc2OC)cc1. The van der Waals surface area contributed by atoms with E-state index < -0.39 is 11.9 Å². The summed E-state index contributed by atoms with van der Waals surface area (Å²) in [6, 6.07) is 17.5. The Balaban J connectivity index is 1.57. The Bertz CT molecular complexity index is 1240. The second-order valence-electron chi connectivity index (χ2n) is 8.29. The molecule has 8 nitrogen and oxygen atoms in total. The molecule has 3 aromatic rings. The summed E-state index contributed by atoms with van der Waals surface area (Å²) in [5.74, 6) is 1.35. The minimum Gasteiger partial charge on any atom is -0.497 e. The van der Waals surface area contributed by atoms with Gasteiger partial charge in [-0.2, -0.15) is 5.10 Å². The third-order valence-corrected chi connectivity index (χ3v) is 5.36. The number of methoxy groups -OCH3 is 2. The highest BCUT2D eigenvalue weighted by molar-refractivity contribution is 5.92. The third kappa shape index (κ3) is 7.09. The molecule has 36 heavy (non-hydrogen) atoms. The lowest BCUT2D eigenvalue weighted by Crippen LogP contribution is -2.24. The number of hydrogen-bond acceptors (Lipinski definition) is 7. The van der Waals surface area contributed by atoms with Crippen LogP contribution >= 0.6 is 0 Å². The molecule has 8 heteroatoms. The van der Waals surface area contributed by atoms with Gasteiger partial charge in [0.2, 0.25) is 0 Å². The molecule has 3 rings (SSSR count). The number of aryl methyl sites for hydroxylation is 1. The summed E-state index contributed by atoms with van der Waals surface area (Å²) in [6.07, 6.45) is 1.46. The third-order valence-electron chi connectivity index (χ3n) is 5.36. The standard InChI is InChI=1S/C28H30N2O6/c1-18(2)22-8-6-19(3)25(15-22)35-17-27(31)30-29-16-20-7-13-24(26(14-20)34-5)36-28(32)21-9-11-23(33-4)12-10-21/h6-16,18H,17H2,1-5H3,(H,30,31)/b29-16+. The second kappa shape index (κ2) is 12.4. The molecule has 0 fully saturated rings. The highest BCUT2D eigenvalue weighted by Crippen LogP contribution is 2.29. The minimum absolute atomic E-state index is 0.163. The topological polar surface area (TPSA) is 95.5 Å². The maximum absolute atomic E-state index is 12.4. The second-order valence-corrected chi connectivity index (χ2v) is 8.29. The van der Waals surface area contributed by atoms with Crippen LogP contribution in [-0.2, 0) is 4.79 Å². The highest BCUT2D eigenvalue weighted by atomic mass is 16.6. The molecule has 3 aromatic carbocycles. The van der Waals surface area contributed by atoms with Crippen molar-refractivity contribution in [1.29, 1.82) is 0 Å². The van der Waals surface area contributed by atoms with Gasteiger partial charge in [-0.15, -0.1) is 0 Å². The first kappa shape index (κ1) is 26.3. The zero-order valence-electron chi connectivity index (χ0n) is 21.0. The molecule has 1 amide bonds. The van der Waals surface area contributed by atoms with Crippen LogP contribution in [0.25, 0.3) is 0 Å². The van der Waals surface area contributed by atoms with E-state index in [4.69, 9.17) is 18.9 Å². The van der Waals surface area contributed by atoms with E-state index in [-0.39, 0.29) is 12.4 Å². The monoisotopic (exact) mass is 490 g/mol. The first-order valence-electron chi connectivity index (χ1n) is 11.4. The molecule has 1 N–H and O–H groups in total. The van der Waals surface area contributed by atoms with Gasteiger partial charge in [0.1, 0.15) is 11.5 Å². The normalized spacial score (nSPS) is 10.8. The van der Waals surface area contributed by atoms with Gasteiger partial charge < -0.3 is 18.9 Å². The van der Waals surface area contributed by atoms with E-state index >= 15 is 0 Å². The van der Waals surface area contributed by atoms with Crippen LogP contribution < -0.4 is 24.4 Å². The summed E-state index contributed by atoms with van der Waals surface area (Å²) in [5.41, 5.74) is 5.55. The smallest absolute Gasteiger partial charge is 0.343 e. The fourth-order valence-corrected chi connectivity index (χ4v) is 3.22. The van der Waals surface area contributed by atoms with E-state index in [1.54, 1.807) is 49.6 Å². The van der Waals surface area contributed by atoms with Gasteiger partial charge in [-0.25, -0.2) is 10.2 Å². The molecule has 0 aliphatic heterocycles. The number of esters is 1. The molecule has 0 aliphatic rings. The van der Waals surface area contributed by atoms with Crippen LogP contribution in [0.15, 0.2) is 65.8 Å². The molecule has 0 saturated heterocycles. The molecule has 0 saturated carbocycles. The van der Waals surface area contributed by atoms with Crippen molar-refractivity contribution in [3.8, 4) is 23.0 Å². The summed E-state index contributed by atoms with van der Waals surface area (Å²) in [5, 5.41) is 3.97. The quantitative estimate of drug-likeness (QED) is 0.188. The summed E-state index contributed by atoms with van der Waals surface area (Å²) < 4.78 is 21.6. The molecule has 0 heterocycles. The highest BCUT2D eigenvalue weighted by Gasteiger charge is 2.13. The van der Waals surface area contributed by atoms with E-state index in [1.165, 1.54) is 13.3 Å².